The van der Waals surface area contributed by atoms with E-state index in [1.54, 1.807) is 6.20 Å². The molecule has 0 unspecified atom stereocenters. The van der Waals surface area contributed by atoms with E-state index in [1.165, 1.54) is 5.56 Å². The van der Waals surface area contributed by atoms with Crippen molar-refractivity contribution in [2.45, 2.75) is 32.4 Å². The summed E-state index contributed by atoms with van der Waals surface area (Å²) in [7, 11) is 0. The van der Waals surface area contributed by atoms with E-state index in [-0.39, 0.29) is 5.54 Å². The number of H-pyrrole nitrogens is 1. The van der Waals surface area contributed by atoms with Crippen LogP contribution in [0.1, 0.15) is 25.8 Å². The van der Waals surface area contributed by atoms with Crippen molar-refractivity contribution in [2.75, 3.05) is 32.8 Å². The van der Waals surface area contributed by atoms with Gasteiger partial charge in [-0.25, -0.2) is 0 Å². The molecule has 0 radical (unpaired) electrons. The second-order valence-electron chi connectivity index (χ2n) is 6.57. The van der Waals surface area contributed by atoms with Crippen LogP contribution in [0.3, 0.4) is 0 Å². The van der Waals surface area contributed by atoms with Gasteiger partial charge in [-0.1, -0.05) is 6.92 Å². The fourth-order valence-electron chi connectivity index (χ4n) is 3.24. The maximum absolute atomic E-state index is 5.49. The Hall–Kier alpha value is -1.76. The van der Waals surface area contributed by atoms with Gasteiger partial charge in [-0.15, -0.1) is 0 Å². The minimum atomic E-state index is 0.155. The van der Waals surface area contributed by atoms with E-state index >= 15 is 0 Å². The zero-order chi connectivity index (χ0) is 16.8. The molecule has 6 nitrogen and oxygen atoms in total. The Kier molecular flexibility index (Phi) is 5.60. The van der Waals surface area contributed by atoms with Gasteiger partial charge < -0.3 is 10.1 Å². The Bertz CT molecular complexity index is 623. The van der Waals surface area contributed by atoms with E-state index in [9.17, 15) is 0 Å². The van der Waals surface area contributed by atoms with E-state index in [0.717, 1.165) is 57.1 Å². The smallest absolute Gasteiger partial charge is 0.0710 e. The van der Waals surface area contributed by atoms with Gasteiger partial charge in [0.25, 0.3) is 0 Å². The molecule has 130 valence electrons. The van der Waals surface area contributed by atoms with Crippen LogP contribution in [-0.4, -0.2) is 58.5 Å². The number of nitrogens with one attached hydrogen (secondary N) is 2. The summed E-state index contributed by atoms with van der Waals surface area (Å²) in [5, 5.41) is 10.9. The molecule has 1 aliphatic rings. The lowest BCUT2D eigenvalue weighted by molar-refractivity contribution is -0.0175. The monoisotopic (exact) mass is 329 g/mol. The quantitative estimate of drug-likeness (QED) is 0.814. The molecule has 0 aromatic carbocycles. The Morgan fingerprint density at radius 2 is 2.17 bits per heavy atom. The minimum absolute atomic E-state index is 0.155. The van der Waals surface area contributed by atoms with E-state index in [4.69, 9.17) is 4.74 Å². The normalized spacial score (nSPS) is 18.4. The van der Waals surface area contributed by atoms with Crippen LogP contribution in [0.25, 0.3) is 11.3 Å². The third kappa shape index (κ3) is 3.83. The zero-order valence-electron chi connectivity index (χ0n) is 14.6. The van der Waals surface area contributed by atoms with Gasteiger partial charge in [0.2, 0.25) is 0 Å². The molecule has 0 amide bonds. The molecule has 6 heteroatoms. The number of hydrogen-bond donors (Lipinski definition) is 2. The second-order valence-corrected chi connectivity index (χ2v) is 6.57. The lowest BCUT2D eigenvalue weighted by Gasteiger charge is -2.43. The summed E-state index contributed by atoms with van der Waals surface area (Å²) in [6.45, 7) is 10.0. The molecule has 1 fully saturated rings. The van der Waals surface area contributed by atoms with Crippen molar-refractivity contribution in [3.8, 4) is 11.3 Å². The molecule has 2 N–H and O–H groups in total. The minimum Gasteiger partial charge on any atom is -0.379 e. The topological polar surface area (TPSA) is 66.1 Å². The number of nitrogens with zero attached hydrogens (tertiary/aromatic N) is 3. The maximum Gasteiger partial charge on any atom is 0.0710 e. The lowest BCUT2D eigenvalue weighted by Crippen LogP contribution is -2.56. The Morgan fingerprint density at radius 3 is 2.88 bits per heavy atom. The molecule has 0 aliphatic carbocycles. The average molecular weight is 329 g/mol. The van der Waals surface area contributed by atoms with Crippen molar-refractivity contribution in [3.05, 3.63) is 36.3 Å². The van der Waals surface area contributed by atoms with Crippen LogP contribution in [0, 0.1) is 0 Å². The highest BCUT2D eigenvalue weighted by Gasteiger charge is 2.30. The molecule has 3 heterocycles. The SMILES string of the molecule is CC[C@](C)(CNCc1cn[nH]c1-c1cccnc1)N1CCOCC1. The number of aromatic amines is 1. The molecular weight excluding hydrogens is 302 g/mol. The highest BCUT2D eigenvalue weighted by molar-refractivity contribution is 5.61. The van der Waals surface area contributed by atoms with Crippen LogP contribution in [0.5, 0.6) is 0 Å². The third-order valence-corrected chi connectivity index (χ3v) is 5.03. The van der Waals surface area contributed by atoms with Gasteiger partial charge in [0.05, 0.1) is 25.1 Å². The molecule has 2 aromatic rings. The summed E-state index contributed by atoms with van der Waals surface area (Å²) in [6.07, 6.45) is 6.65. The van der Waals surface area contributed by atoms with Gasteiger partial charge >= 0.3 is 0 Å². The molecule has 24 heavy (non-hydrogen) atoms. The lowest BCUT2D eigenvalue weighted by atomic mass is 9.95. The van der Waals surface area contributed by atoms with Crippen LogP contribution in [-0.2, 0) is 11.3 Å². The number of morpholine rings is 1. The molecule has 1 atom stereocenters. The van der Waals surface area contributed by atoms with Gasteiger partial charge in [-0.3, -0.25) is 15.0 Å². The van der Waals surface area contributed by atoms with E-state index in [0.29, 0.717) is 0 Å². The summed E-state index contributed by atoms with van der Waals surface area (Å²) in [6, 6.07) is 3.99. The van der Waals surface area contributed by atoms with Crippen LogP contribution in [0.15, 0.2) is 30.7 Å². The van der Waals surface area contributed by atoms with Gasteiger partial charge in [-0.2, -0.15) is 5.10 Å². The third-order valence-electron chi connectivity index (χ3n) is 5.03. The molecule has 0 bridgehead atoms. The van der Waals surface area contributed by atoms with Crippen LogP contribution in [0.4, 0.5) is 0 Å². The first-order valence-electron chi connectivity index (χ1n) is 8.69. The van der Waals surface area contributed by atoms with Gasteiger partial charge in [-0.05, 0) is 25.5 Å². The number of hydrogen-bond acceptors (Lipinski definition) is 5. The first-order chi connectivity index (χ1) is 11.7. The van der Waals surface area contributed by atoms with Crippen LogP contribution >= 0.6 is 0 Å². The van der Waals surface area contributed by atoms with Crippen molar-refractivity contribution in [1.82, 2.24) is 25.4 Å². The van der Waals surface area contributed by atoms with Crippen LogP contribution in [0.2, 0.25) is 0 Å². The molecule has 3 rings (SSSR count). The van der Waals surface area contributed by atoms with Gasteiger partial charge in [0, 0.05) is 55.2 Å². The number of pyridine rings is 1. The molecule has 1 aliphatic heterocycles. The largest absolute Gasteiger partial charge is 0.379 e. The standard InChI is InChI=1S/C18H27N5O/c1-3-18(2,23-7-9-24-10-8-23)14-20-12-16-13-21-22-17(16)15-5-4-6-19-11-15/h4-6,11,13,20H,3,7-10,12,14H2,1-2H3,(H,21,22)/t18-/m1/s1. The summed E-state index contributed by atoms with van der Waals surface area (Å²) in [5.41, 5.74) is 3.43. The summed E-state index contributed by atoms with van der Waals surface area (Å²) in [4.78, 5) is 6.73. The van der Waals surface area contributed by atoms with E-state index in [2.05, 4.69) is 39.2 Å². The molecule has 2 aromatic heterocycles. The average Bonchev–Trinajstić information content (AvgIpc) is 3.11. The Balaban J connectivity index is 1.61. The van der Waals surface area contributed by atoms with Crippen molar-refractivity contribution in [3.63, 3.8) is 0 Å². The fourth-order valence-corrected chi connectivity index (χ4v) is 3.24. The van der Waals surface area contributed by atoms with E-state index < -0.39 is 0 Å². The Morgan fingerprint density at radius 1 is 1.33 bits per heavy atom. The maximum atomic E-state index is 5.49. The highest BCUT2D eigenvalue weighted by atomic mass is 16.5. The summed E-state index contributed by atoms with van der Waals surface area (Å²) < 4.78 is 5.49. The van der Waals surface area contributed by atoms with E-state index in [1.807, 2.05) is 24.5 Å². The number of aromatic nitrogens is 3. The first kappa shape index (κ1) is 17.1. The van der Waals surface area contributed by atoms with Gasteiger partial charge in [0.15, 0.2) is 0 Å². The fraction of sp³-hybridized carbons (Fsp3) is 0.556. The van der Waals surface area contributed by atoms with Crippen molar-refractivity contribution < 1.29 is 4.74 Å². The summed E-state index contributed by atoms with van der Waals surface area (Å²) in [5.74, 6) is 0. The molecule has 1 saturated heterocycles. The van der Waals surface area contributed by atoms with Gasteiger partial charge in [0.1, 0.15) is 0 Å². The molecule has 0 saturated carbocycles. The number of ether oxygens (including phenoxy) is 1. The summed E-state index contributed by atoms with van der Waals surface area (Å²) >= 11 is 0. The predicted molar refractivity (Wildman–Crippen MR) is 94.6 cm³/mol. The number of rotatable bonds is 7. The second kappa shape index (κ2) is 7.88. The highest BCUT2D eigenvalue weighted by Crippen LogP contribution is 2.22. The molecule has 0 spiro atoms. The van der Waals surface area contributed by atoms with Crippen LogP contribution < -0.4 is 5.32 Å². The zero-order valence-corrected chi connectivity index (χ0v) is 14.6. The van der Waals surface area contributed by atoms with Crippen molar-refractivity contribution in [2.24, 2.45) is 0 Å². The Labute approximate surface area is 143 Å². The van der Waals surface area contributed by atoms with Crippen molar-refractivity contribution >= 4 is 0 Å². The van der Waals surface area contributed by atoms with Crippen molar-refractivity contribution in [1.29, 1.82) is 0 Å². The molecular formula is C18H27N5O. The predicted octanol–water partition coefficient (Wildman–Crippen LogP) is 2.06. The first-order valence-corrected chi connectivity index (χ1v) is 8.69.